The Balaban J connectivity index is 1.85. The Bertz CT molecular complexity index is 788. The molecule has 2 nitrogen and oxygen atoms in total. The molecule has 0 saturated heterocycles. The summed E-state index contributed by atoms with van der Waals surface area (Å²) in [5, 5.41) is 10.6. The molecule has 108 valence electrons. The van der Waals surface area contributed by atoms with Crippen molar-refractivity contribution in [2.24, 2.45) is 5.41 Å². The van der Waals surface area contributed by atoms with Crippen molar-refractivity contribution in [2.75, 3.05) is 0 Å². The van der Waals surface area contributed by atoms with Crippen molar-refractivity contribution >= 4 is 5.78 Å². The summed E-state index contributed by atoms with van der Waals surface area (Å²) in [6.07, 6.45) is 3.28. The van der Waals surface area contributed by atoms with Crippen LogP contribution in [0.25, 0.3) is 0 Å². The lowest BCUT2D eigenvalue weighted by molar-refractivity contribution is -0.129. The first kappa shape index (κ1) is 12.4. The summed E-state index contributed by atoms with van der Waals surface area (Å²) in [6.45, 7) is 0. The van der Waals surface area contributed by atoms with Crippen LogP contribution in [0.5, 0.6) is 0 Å². The molecule has 4 aliphatic rings. The lowest BCUT2D eigenvalue weighted by Gasteiger charge is -2.52. The molecule has 1 N–H and O–H groups in total. The molecule has 2 atom stereocenters. The van der Waals surface area contributed by atoms with Crippen LogP contribution in [0.2, 0.25) is 0 Å². The number of carbonyl (C=O) groups is 1. The highest BCUT2D eigenvalue weighted by Gasteiger charge is 2.60. The third kappa shape index (κ3) is 1.24. The number of aliphatic hydroxyl groups excluding tert-OH is 1. The van der Waals surface area contributed by atoms with Crippen molar-refractivity contribution in [2.45, 2.75) is 24.4 Å². The molecule has 6 rings (SSSR count). The zero-order valence-electron chi connectivity index (χ0n) is 12.1. The summed E-state index contributed by atoms with van der Waals surface area (Å²) in [4.78, 5) is 12.7. The molecule has 0 amide bonds. The van der Waals surface area contributed by atoms with Crippen LogP contribution in [0, 0.1) is 5.41 Å². The average Bonchev–Trinajstić information content (AvgIpc) is 2.84. The second kappa shape index (κ2) is 3.96. The molecule has 0 radical (unpaired) electrons. The summed E-state index contributed by atoms with van der Waals surface area (Å²) in [5.41, 5.74) is 4.38. The topological polar surface area (TPSA) is 37.3 Å². The normalized spacial score (nSPS) is 34.0. The van der Waals surface area contributed by atoms with Crippen molar-refractivity contribution in [3.8, 4) is 0 Å². The van der Waals surface area contributed by atoms with Crippen LogP contribution in [0.15, 0.2) is 60.7 Å². The van der Waals surface area contributed by atoms with E-state index in [0.29, 0.717) is 6.42 Å². The maximum atomic E-state index is 12.7. The minimum Gasteiger partial charge on any atom is -0.388 e. The Morgan fingerprint density at radius 2 is 1.45 bits per heavy atom. The summed E-state index contributed by atoms with van der Waals surface area (Å²) in [6, 6.07) is 16.8. The third-order valence-corrected chi connectivity index (χ3v) is 5.84. The molecule has 0 heterocycles. The Morgan fingerprint density at radius 1 is 0.909 bits per heavy atom. The van der Waals surface area contributed by atoms with Gasteiger partial charge in [-0.2, -0.15) is 0 Å². The van der Waals surface area contributed by atoms with E-state index in [1.807, 2.05) is 12.1 Å². The van der Waals surface area contributed by atoms with Gasteiger partial charge in [-0.3, -0.25) is 4.79 Å². The molecule has 1 spiro atoms. The Labute approximate surface area is 129 Å². The van der Waals surface area contributed by atoms with Gasteiger partial charge in [0.05, 0.1) is 11.5 Å². The van der Waals surface area contributed by atoms with Crippen molar-refractivity contribution in [3.05, 3.63) is 82.9 Å². The minimum absolute atomic E-state index is 0.0394. The molecule has 0 aromatic heterocycles. The molecule has 2 unspecified atom stereocenters. The summed E-state index contributed by atoms with van der Waals surface area (Å²) in [7, 11) is 0. The van der Waals surface area contributed by atoms with Gasteiger partial charge in [-0.25, -0.2) is 0 Å². The number of aliphatic hydroxyl groups is 1. The van der Waals surface area contributed by atoms with Gasteiger partial charge in [0, 0.05) is 11.8 Å². The summed E-state index contributed by atoms with van der Waals surface area (Å²) >= 11 is 0. The Hall–Kier alpha value is -2.19. The van der Waals surface area contributed by atoms with Crippen molar-refractivity contribution in [3.63, 3.8) is 0 Å². The third-order valence-electron chi connectivity index (χ3n) is 5.84. The van der Waals surface area contributed by atoms with Gasteiger partial charge in [0.1, 0.15) is 0 Å². The number of carbonyl (C=O) groups excluding carboxylic acids is 1. The molecule has 4 aliphatic carbocycles. The van der Waals surface area contributed by atoms with Crippen LogP contribution in [0.1, 0.15) is 40.5 Å². The molecule has 22 heavy (non-hydrogen) atoms. The van der Waals surface area contributed by atoms with Gasteiger partial charge in [-0.05, 0) is 34.8 Å². The van der Waals surface area contributed by atoms with E-state index in [4.69, 9.17) is 0 Å². The number of rotatable bonds is 0. The fourth-order valence-electron chi connectivity index (χ4n) is 4.93. The molecule has 0 aliphatic heterocycles. The predicted octanol–water partition coefficient (Wildman–Crippen LogP) is 3.15. The summed E-state index contributed by atoms with van der Waals surface area (Å²) < 4.78 is 0. The van der Waals surface area contributed by atoms with Crippen LogP contribution < -0.4 is 0 Å². The number of hydrogen-bond acceptors (Lipinski definition) is 2. The van der Waals surface area contributed by atoms with Crippen LogP contribution >= 0.6 is 0 Å². The Kier molecular flexibility index (Phi) is 2.23. The quantitative estimate of drug-likeness (QED) is 0.808. The van der Waals surface area contributed by atoms with Crippen LogP contribution in [-0.2, 0) is 4.79 Å². The highest BCUT2D eigenvalue weighted by atomic mass is 16.3. The molecular weight excluding hydrogens is 272 g/mol. The van der Waals surface area contributed by atoms with Gasteiger partial charge in [0.2, 0.25) is 0 Å². The van der Waals surface area contributed by atoms with Gasteiger partial charge in [-0.1, -0.05) is 54.6 Å². The fraction of sp³-hybridized carbons (Fsp3) is 0.250. The zero-order valence-corrected chi connectivity index (χ0v) is 12.1. The standard InChI is InChI=1S/C20H16O2/c21-17-9-10-18(22)20(17)11-16-12-5-1-3-7-14(12)19(20)15-8-4-2-6-13(15)16/h1-10,16-17,19,21H,11H2. The van der Waals surface area contributed by atoms with Gasteiger partial charge in [-0.15, -0.1) is 0 Å². The first-order valence-electron chi connectivity index (χ1n) is 7.82. The SMILES string of the molecule is O=C1C=CC(O)C12CC1c3ccccc3C2c2ccccc21. The molecule has 2 aromatic rings. The van der Waals surface area contributed by atoms with E-state index in [0.717, 1.165) is 0 Å². The lowest BCUT2D eigenvalue weighted by Crippen LogP contribution is -2.50. The minimum atomic E-state index is -0.701. The second-order valence-electron chi connectivity index (χ2n) is 6.66. The predicted molar refractivity (Wildman–Crippen MR) is 83.8 cm³/mol. The number of allylic oxidation sites excluding steroid dienone is 1. The molecule has 2 heteroatoms. The Morgan fingerprint density at radius 3 is 1.95 bits per heavy atom. The highest BCUT2D eigenvalue weighted by Crippen LogP contribution is 2.63. The highest BCUT2D eigenvalue weighted by molar-refractivity contribution is 6.00. The second-order valence-corrected chi connectivity index (χ2v) is 6.66. The van der Waals surface area contributed by atoms with Crippen LogP contribution in [0.3, 0.4) is 0 Å². The lowest BCUT2D eigenvalue weighted by atomic mass is 9.50. The maximum absolute atomic E-state index is 12.7. The molecule has 2 aromatic carbocycles. The van der Waals surface area contributed by atoms with Crippen molar-refractivity contribution < 1.29 is 9.90 Å². The smallest absolute Gasteiger partial charge is 0.165 e. The van der Waals surface area contributed by atoms with Crippen LogP contribution in [0.4, 0.5) is 0 Å². The van der Waals surface area contributed by atoms with Gasteiger partial charge < -0.3 is 5.11 Å². The first-order chi connectivity index (χ1) is 10.7. The van der Waals surface area contributed by atoms with E-state index in [9.17, 15) is 9.90 Å². The largest absolute Gasteiger partial charge is 0.388 e. The number of ketones is 1. The van der Waals surface area contributed by atoms with Crippen LogP contribution in [-0.4, -0.2) is 17.0 Å². The molecular formula is C20H16O2. The average molecular weight is 288 g/mol. The van der Waals surface area contributed by atoms with Gasteiger partial charge in [0.25, 0.3) is 0 Å². The van der Waals surface area contributed by atoms with Crippen molar-refractivity contribution in [1.82, 2.24) is 0 Å². The van der Waals surface area contributed by atoms with E-state index in [1.54, 1.807) is 12.2 Å². The molecule has 2 bridgehead atoms. The number of benzene rings is 2. The van der Waals surface area contributed by atoms with E-state index >= 15 is 0 Å². The van der Waals surface area contributed by atoms with E-state index in [-0.39, 0.29) is 17.6 Å². The van der Waals surface area contributed by atoms with Crippen molar-refractivity contribution in [1.29, 1.82) is 0 Å². The first-order valence-corrected chi connectivity index (χ1v) is 7.82. The summed E-state index contributed by atoms with van der Waals surface area (Å²) in [5.74, 6) is 0.248. The fourth-order valence-corrected chi connectivity index (χ4v) is 4.93. The van der Waals surface area contributed by atoms with E-state index in [1.165, 1.54) is 22.3 Å². The van der Waals surface area contributed by atoms with Gasteiger partial charge in [0.15, 0.2) is 5.78 Å². The van der Waals surface area contributed by atoms with E-state index in [2.05, 4.69) is 36.4 Å². The van der Waals surface area contributed by atoms with E-state index < -0.39 is 11.5 Å². The zero-order chi connectivity index (χ0) is 14.9. The number of hydrogen-bond donors (Lipinski definition) is 1. The maximum Gasteiger partial charge on any atom is 0.165 e. The molecule has 0 fully saturated rings. The molecule has 0 saturated carbocycles. The monoisotopic (exact) mass is 288 g/mol. The van der Waals surface area contributed by atoms with Gasteiger partial charge >= 0.3 is 0 Å².